The molecule has 150 valence electrons. The number of nitrogens with one attached hydrogen (secondary N) is 1. The van der Waals surface area contributed by atoms with Gasteiger partial charge in [0, 0.05) is 25.0 Å². The highest BCUT2D eigenvalue weighted by Crippen LogP contribution is 2.24. The molecule has 3 aromatic rings. The average molecular weight is 393 g/mol. The van der Waals surface area contributed by atoms with E-state index in [-0.39, 0.29) is 18.3 Å². The molecule has 0 aliphatic carbocycles. The van der Waals surface area contributed by atoms with Crippen LogP contribution in [-0.2, 0) is 4.79 Å². The molecule has 1 heterocycles. The van der Waals surface area contributed by atoms with Crippen LogP contribution in [0.1, 0.15) is 28.6 Å². The maximum Gasteiger partial charge on any atom is 0.307 e. The quantitative estimate of drug-likeness (QED) is 0.514. The first-order valence-electron chi connectivity index (χ1n) is 9.13. The first-order chi connectivity index (χ1) is 13.9. The van der Waals surface area contributed by atoms with E-state index in [1.54, 1.807) is 33.2 Å². The van der Waals surface area contributed by atoms with Crippen molar-refractivity contribution in [1.29, 1.82) is 0 Å². The third-order valence-electron chi connectivity index (χ3n) is 4.51. The maximum atomic E-state index is 12.5. The Kier molecular flexibility index (Phi) is 5.97. The number of hydrogen-bond donors (Lipinski definition) is 1. The summed E-state index contributed by atoms with van der Waals surface area (Å²) >= 11 is 0. The summed E-state index contributed by atoms with van der Waals surface area (Å²) in [6, 6.07) is 14.6. The first-order valence-corrected chi connectivity index (χ1v) is 9.13. The van der Waals surface area contributed by atoms with E-state index in [0.717, 1.165) is 16.5 Å². The Balaban J connectivity index is 1.65. The van der Waals surface area contributed by atoms with Crippen molar-refractivity contribution in [3.8, 4) is 5.75 Å². The number of hydrazone groups is 1. The smallest absolute Gasteiger partial charge is 0.307 e. The molecule has 0 aliphatic rings. The Morgan fingerprint density at radius 3 is 2.45 bits per heavy atom. The Morgan fingerprint density at radius 1 is 1.10 bits per heavy atom. The number of aryl methyl sites for hydroxylation is 1. The second-order valence-electron chi connectivity index (χ2n) is 6.79. The minimum atomic E-state index is -0.403. The molecular formula is C22H23N3O4. The summed E-state index contributed by atoms with van der Waals surface area (Å²) in [7, 11) is 3.35. The number of rotatable bonds is 6. The van der Waals surface area contributed by atoms with Crippen molar-refractivity contribution in [3.63, 3.8) is 0 Å². The summed E-state index contributed by atoms with van der Waals surface area (Å²) in [6.45, 7) is 3.61. The third-order valence-corrected chi connectivity index (χ3v) is 4.51. The van der Waals surface area contributed by atoms with Crippen LogP contribution in [-0.4, -0.2) is 43.1 Å². The van der Waals surface area contributed by atoms with E-state index in [0.29, 0.717) is 17.0 Å². The number of hydrogen-bond acceptors (Lipinski definition) is 5. The van der Waals surface area contributed by atoms with E-state index in [1.807, 2.05) is 43.3 Å². The largest absolute Gasteiger partial charge is 0.484 e. The number of para-hydroxylation sites is 1. The fourth-order valence-corrected chi connectivity index (χ4v) is 2.71. The third kappa shape index (κ3) is 4.63. The predicted octanol–water partition coefficient (Wildman–Crippen LogP) is 3.36. The van der Waals surface area contributed by atoms with Gasteiger partial charge in [0.2, 0.25) is 0 Å². The highest BCUT2D eigenvalue weighted by molar-refractivity contribution is 6.02. The maximum absolute atomic E-state index is 12.5. The highest BCUT2D eigenvalue weighted by Gasteiger charge is 2.17. The molecule has 1 N–H and O–H groups in total. The lowest BCUT2D eigenvalue weighted by Gasteiger charge is -2.11. The van der Waals surface area contributed by atoms with E-state index in [2.05, 4.69) is 10.5 Å². The Morgan fingerprint density at radius 2 is 1.79 bits per heavy atom. The number of carbonyl (C=O) groups excluding carboxylic acids is 2. The first kappa shape index (κ1) is 20.1. The molecule has 1 aromatic heterocycles. The molecule has 0 atom stereocenters. The number of carbonyl (C=O) groups is 2. The van der Waals surface area contributed by atoms with Crippen LogP contribution in [0.5, 0.6) is 5.75 Å². The van der Waals surface area contributed by atoms with Gasteiger partial charge < -0.3 is 14.1 Å². The summed E-state index contributed by atoms with van der Waals surface area (Å²) in [5, 5.41) is 5.07. The van der Waals surface area contributed by atoms with Gasteiger partial charge >= 0.3 is 5.91 Å². The van der Waals surface area contributed by atoms with Crippen molar-refractivity contribution >= 4 is 28.5 Å². The molecule has 7 heteroatoms. The SMILES string of the molecule is C/C(=N/NC(=O)c1oc2ccccc2c1C)c1ccc(OCC(=O)N(C)C)cc1. The molecule has 0 bridgehead atoms. The second-order valence-corrected chi connectivity index (χ2v) is 6.79. The molecule has 3 rings (SSSR count). The van der Waals surface area contributed by atoms with Crippen LogP contribution in [0, 0.1) is 6.92 Å². The van der Waals surface area contributed by atoms with Crippen LogP contribution in [0.25, 0.3) is 11.0 Å². The molecule has 0 radical (unpaired) electrons. The van der Waals surface area contributed by atoms with Gasteiger partial charge in [-0.2, -0.15) is 5.10 Å². The molecule has 0 unspecified atom stereocenters. The summed E-state index contributed by atoms with van der Waals surface area (Å²) in [5.74, 6) is 0.311. The zero-order valence-electron chi connectivity index (χ0n) is 16.9. The Bertz CT molecular complexity index is 1070. The van der Waals surface area contributed by atoms with Gasteiger partial charge in [0.05, 0.1) is 5.71 Å². The molecule has 2 aromatic carbocycles. The van der Waals surface area contributed by atoms with E-state index < -0.39 is 5.91 Å². The summed E-state index contributed by atoms with van der Waals surface area (Å²) in [4.78, 5) is 25.5. The number of ether oxygens (including phenoxy) is 1. The number of nitrogens with zero attached hydrogens (tertiary/aromatic N) is 2. The van der Waals surface area contributed by atoms with E-state index >= 15 is 0 Å². The van der Waals surface area contributed by atoms with Crippen molar-refractivity contribution in [2.75, 3.05) is 20.7 Å². The number of amides is 2. The molecule has 0 fully saturated rings. The van der Waals surface area contributed by atoms with Crippen LogP contribution in [0.3, 0.4) is 0 Å². The van der Waals surface area contributed by atoms with Crippen molar-refractivity contribution < 1.29 is 18.7 Å². The van der Waals surface area contributed by atoms with Gasteiger partial charge in [-0.1, -0.05) is 18.2 Å². The Hall–Kier alpha value is -3.61. The van der Waals surface area contributed by atoms with Crippen molar-refractivity contribution in [1.82, 2.24) is 10.3 Å². The molecular weight excluding hydrogens is 370 g/mol. The van der Waals surface area contributed by atoms with Crippen molar-refractivity contribution in [3.05, 3.63) is 65.4 Å². The van der Waals surface area contributed by atoms with Crippen molar-refractivity contribution in [2.45, 2.75) is 13.8 Å². The fourth-order valence-electron chi connectivity index (χ4n) is 2.71. The van der Waals surface area contributed by atoms with E-state index in [9.17, 15) is 9.59 Å². The minimum Gasteiger partial charge on any atom is -0.484 e. The summed E-state index contributed by atoms with van der Waals surface area (Å²) in [5.41, 5.74) is 5.43. The monoisotopic (exact) mass is 393 g/mol. The molecule has 0 spiro atoms. The normalized spacial score (nSPS) is 11.4. The Labute approximate surface area is 168 Å². The molecule has 7 nitrogen and oxygen atoms in total. The van der Waals surface area contributed by atoms with Crippen LogP contribution >= 0.6 is 0 Å². The van der Waals surface area contributed by atoms with E-state index in [1.165, 1.54) is 4.90 Å². The van der Waals surface area contributed by atoms with Gasteiger partial charge in [0.1, 0.15) is 11.3 Å². The van der Waals surface area contributed by atoms with Gasteiger partial charge in [-0.3, -0.25) is 9.59 Å². The zero-order valence-corrected chi connectivity index (χ0v) is 16.9. The topological polar surface area (TPSA) is 84.1 Å². The molecule has 0 saturated carbocycles. The molecule has 0 aliphatic heterocycles. The van der Waals surface area contributed by atoms with Crippen LogP contribution < -0.4 is 10.2 Å². The fraction of sp³-hybridized carbons (Fsp3) is 0.227. The van der Waals surface area contributed by atoms with Gasteiger partial charge in [0.25, 0.3) is 5.91 Å². The number of likely N-dealkylation sites (N-methyl/N-ethyl adjacent to an activating group) is 1. The van der Waals surface area contributed by atoms with Gasteiger partial charge in [-0.05, 0) is 49.7 Å². The number of benzene rings is 2. The van der Waals surface area contributed by atoms with Crippen LogP contribution in [0.15, 0.2) is 58.0 Å². The van der Waals surface area contributed by atoms with Crippen molar-refractivity contribution in [2.24, 2.45) is 5.10 Å². The molecule has 0 saturated heterocycles. The molecule has 29 heavy (non-hydrogen) atoms. The lowest BCUT2D eigenvalue weighted by Crippen LogP contribution is -2.27. The predicted molar refractivity (Wildman–Crippen MR) is 111 cm³/mol. The van der Waals surface area contributed by atoms with Gasteiger partial charge in [-0.15, -0.1) is 0 Å². The highest BCUT2D eigenvalue weighted by atomic mass is 16.5. The van der Waals surface area contributed by atoms with E-state index in [4.69, 9.17) is 9.15 Å². The summed E-state index contributed by atoms with van der Waals surface area (Å²) < 4.78 is 11.1. The number of fused-ring (bicyclic) bond motifs is 1. The van der Waals surface area contributed by atoms with Crippen LogP contribution in [0.4, 0.5) is 0 Å². The second kappa shape index (κ2) is 8.60. The number of furan rings is 1. The minimum absolute atomic E-state index is 0.0215. The standard InChI is InChI=1S/C22H23N3O4/c1-14-18-7-5-6-8-19(18)29-21(14)22(27)24-23-15(2)16-9-11-17(12-10-16)28-13-20(26)25(3)4/h5-12H,13H2,1-4H3,(H,24,27)/b23-15-. The van der Waals surface area contributed by atoms with Gasteiger partial charge in [0.15, 0.2) is 12.4 Å². The zero-order chi connectivity index (χ0) is 21.0. The molecule has 2 amide bonds. The lowest BCUT2D eigenvalue weighted by atomic mass is 10.1. The average Bonchev–Trinajstić information content (AvgIpc) is 3.07. The van der Waals surface area contributed by atoms with Crippen LogP contribution in [0.2, 0.25) is 0 Å². The lowest BCUT2D eigenvalue weighted by molar-refractivity contribution is -0.130. The van der Waals surface area contributed by atoms with Gasteiger partial charge in [-0.25, -0.2) is 5.43 Å². The summed E-state index contributed by atoms with van der Waals surface area (Å²) in [6.07, 6.45) is 0.